The second-order valence-electron chi connectivity index (χ2n) is 5.66. The first-order valence-corrected chi connectivity index (χ1v) is 8.24. The zero-order valence-corrected chi connectivity index (χ0v) is 14.7. The van der Waals surface area contributed by atoms with Crippen LogP contribution in [0.5, 0.6) is 5.75 Å². The van der Waals surface area contributed by atoms with Crippen LogP contribution in [0.2, 0.25) is 0 Å². The molecule has 25 heavy (non-hydrogen) atoms. The number of anilines is 1. The van der Waals surface area contributed by atoms with E-state index in [9.17, 15) is 9.59 Å². The smallest absolute Gasteiger partial charge is 0.311 e. The number of rotatable bonds is 7. The van der Waals surface area contributed by atoms with Gasteiger partial charge in [-0.2, -0.15) is 0 Å². The molecule has 1 N–H and O–H groups in total. The number of nitrogens with one attached hydrogen (secondary N) is 1. The average molecular weight is 341 g/mol. The highest BCUT2D eigenvalue weighted by Crippen LogP contribution is 2.18. The van der Waals surface area contributed by atoms with Crippen LogP contribution in [0.4, 0.5) is 5.69 Å². The number of hydrogen-bond donors (Lipinski definition) is 1. The van der Waals surface area contributed by atoms with Gasteiger partial charge in [-0.1, -0.05) is 37.3 Å². The molecule has 5 heteroatoms. The lowest BCUT2D eigenvalue weighted by molar-refractivity contribution is -0.152. The number of ether oxygens (including phenoxy) is 2. The van der Waals surface area contributed by atoms with Gasteiger partial charge in [0.15, 0.2) is 6.10 Å². The fourth-order valence-corrected chi connectivity index (χ4v) is 2.36. The first-order valence-electron chi connectivity index (χ1n) is 8.24. The average Bonchev–Trinajstić information content (AvgIpc) is 2.62. The number of para-hydroxylation sites is 1. The van der Waals surface area contributed by atoms with Gasteiger partial charge in [-0.25, -0.2) is 0 Å². The summed E-state index contributed by atoms with van der Waals surface area (Å²) in [7, 11) is 1.55. The molecule has 0 aromatic heterocycles. The lowest BCUT2D eigenvalue weighted by Gasteiger charge is -2.14. The molecule has 1 amide bonds. The molecule has 0 saturated carbocycles. The Bertz CT molecular complexity index is 725. The lowest BCUT2D eigenvalue weighted by atomic mass is 10.1. The largest absolute Gasteiger partial charge is 0.496 e. The summed E-state index contributed by atoms with van der Waals surface area (Å²) in [6.45, 7) is 3.62. The maximum atomic E-state index is 12.2. The van der Waals surface area contributed by atoms with Crippen LogP contribution in [-0.4, -0.2) is 25.1 Å². The van der Waals surface area contributed by atoms with Crippen LogP contribution < -0.4 is 10.1 Å². The van der Waals surface area contributed by atoms with E-state index in [2.05, 4.69) is 12.2 Å². The van der Waals surface area contributed by atoms with Gasteiger partial charge in [-0.3, -0.25) is 9.59 Å². The van der Waals surface area contributed by atoms with Crippen molar-refractivity contribution in [1.82, 2.24) is 0 Å². The van der Waals surface area contributed by atoms with E-state index in [4.69, 9.17) is 9.47 Å². The molecule has 0 fully saturated rings. The Labute approximate surface area is 148 Å². The van der Waals surface area contributed by atoms with Gasteiger partial charge in [0.1, 0.15) is 5.75 Å². The van der Waals surface area contributed by atoms with E-state index >= 15 is 0 Å². The van der Waals surface area contributed by atoms with E-state index in [1.54, 1.807) is 26.2 Å². The molecule has 0 radical (unpaired) electrons. The molecule has 2 rings (SSSR count). The standard InChI is InChI=1S/C20H23NO4/c1-4-15-9-11-17(12-10-15)21-20(23)14(2)25-19(22)13-16-7-5-6-8-18(16)24-3/h5-12,14H,4,13H2,1-3H3,(H,21,23)/t14-/m1/s1. The molecule has 0 unspecified atom stereocenters. The number of hydrogen-bond acceptors (Lipinski definition) is 4. The highest BCUT2D eigenvalue weighted by Gasteiger charge is 2.19. The van der Waals surface area contributed by atoms with E-state index in [1.807, 2.05) is 36.4 Å². The Morgan fingerprint density at radius 2 is 1.76 bits per heavy atom. The fourth-order valence-electron chi connectivity index (χ4n) is 2.36. The number of esters is 1. The third-order valence-electron chi connectivity index (χ3n) is 3.83. The molecule has 0 saturated heterocycles. The Kier molecular flexibility index (Phi) is 6.57. The minimum absolute atomic E-state index is 0.0484. The topological polar surface area (TPSA) is 64.6 Å². The van der Waals surface area contributed by atoms with E-state index in [0.29, 0.717) is 11.4 Å². The third kappa shape index (κ3) is 5.35. The maximum Gasteiger partial charge on any atom is 0.311 e. The van der Waals surface area contributed by atoms with Crippen LogP contribution in [-0.2, 0) is 27.2 Å². The minimum Gasteiger partial charge on any atom is -0.496 e. The number of carbonyl (C=O) groups is 2. The Morgan fingerprint density at radius 3 is 2.40 bits per heavy atom. The van der Waals surface area contributed by atoms with Gasteiger partial charge >= 0.3 is 5.97 Å². The monoisotopic (exact) mass is 341 g/mol. The van der Waals surface area contributed by atoms with Gasteiger partial charge in [0.2, 0.25) is 0 Å². The molecule has 5 nitrogen and oxygen atoms in total. The summed E-state index contributed by atoms with van der Waals surface area (Å²) in [6, 6.07) is 14.8. The van der Waals surface area contributed by atoms with Gasteiger partial charge in [-0.05, 0) is 37.1 Å². The molecule has 1 atom stereocenters. The van der Waals surface area contributed by atoms with Crippen molar-refractivity contribution in [2.75, 3.05) is 12.4 Å². The highest BCUT2D eigenvalue weighted by molar-refractivity contribution is 5.95. The zero-order valence-electron chi connectivity index (χ0n) is 14.7. The SMILES string of the molecule is CCc1ccc(NC(=O)[C@@H](C)OC(=O)Cc2ccccc2OC)cc1. The van der Waals surface area contributed by atoms with Crippen molar-refractivity contribution < 1.29 is 19.1 Å². The number of amides is 1. The summed E-state index contributed by atoms with van der Waals surface area (Å²) in [6.07, 6.45) is 0.103. The van der Waals surface area contributed by atoms with Gasteiger partial charge in [0, 0.05) is 11.3 Å². The zero-order chi connectivity index (χ0) is 18.2. The minimum atomic E-state index is -0.881. The summed E-state index contributed by atoms with van der Waals surface area (Å²) < 4.78 is 10.4. The van der Waals surface area contributed by atoms with Crippen molar-refractivity contribution in [2.24, 2.45) is 0 Å². The second kappa shape index (κ2) is 8.87. The molecule has 0 aliphatic rings. The molecule has 0 aliphatic carbocycles. The van der Waals surface area contributed by atoms with Crippen molar-refractivity contribution in [2.45, 2.75) is 32.8 Å². The summed E-state index contributed by atoms with van der Waals surface area (Å²) in [5.74, 6) is -0.223. The normalized spacial score (nSPS) is 11.5. The highest BCUT2D eigenvalue weighted by atomic mass is 16.5. The Balaban J connectivity index is 1.90. The second-order valence-corrected chi connectivity index (χ2v) is 5.66. The van der Waals surface area contributed by atoms with Crippen molar-refractivity contribution >= 4 is 17.6 Å². The summed E-state index contributed by atoms with van der Waals surface area (Å²) in [5, 5.41) is 2.74. The molecule has 0 spiro atoms. The van der Waals surface area contributed by atoms with Crippen LogP contribution in [0.25, 0.3) is 0 Å². The van der Waals surface area contributed by atoms with Crippen molar-refractivity contribution in [3.63, 3.8) is 0 Å². The lowest BCUT2D eigenvalue weighted by Crippen LogP contribution is -2.30. The predicted octanol–water partition coefficient (Wildman–Crippen LogP) is 3.37. The van der Waals surface area contributed by atoms with Gasteiger partial charge < -0.3 is 14.8 Å². The van der Waals surface area contributed by atoms with Gasteiger partial charge in [0.05, 0.1) is 13.5 Å². The maximum absolute atomic E-state index is 12.2. The number of benzene rings is 2. The predicted molar refractivity (Wildman–Crippen MR) is 96.7 cm³/mol. The molecular formula is C20H23NO4. The van der Waals surface area contributed by atoms with E-state index in [-0.39, 0.29) is 12.3 Å². The molecule has 0 bridgehead atoms. The van der Waals surface area contributed by atoms with E-state index < -0.39 is 12.1 Å². The first kappa shape index (κ1) is 18.5. The molecule has 2 aromatic rings. The third-order valence-corrected chi connectivity index (χ3v) is 3.83. The quantitative estimate of drug-likeness (QED) is 0.784. The van der Waals surface area contributed by atoms with E-state index in [1.165, 1.54) is 5.56 Å². The van der Waals surface area contributed by atoms with Crippen LogP contribution in [0.3, 0.4) is 0 Å². The van der Waals surface area contributed by atoms with Crippen molar-refractivity contribution in [1.29, 1.82) is 0 Å². The van der Waals surface area contributed by atoms with Gasteiger partial charge in [0.25, 0.3) is 5.91 Å². The molecule has 0 aliphatic heterocycles. The van der Waals surface area contributed by atoms with Gasteiger partial charge in [-0.15, -0.1) is 0 Å². The van der Waals surface area contributed by atoms with Crippen LogP contribution in [0.1, 0.15) is 25.0 Å². The fraction of sp³-hybridized carbons (Fsp3) is 0.300. The molecular weight excluding hydrogens is 318 g/mol. The van der Waals surface area contributed by atoms with Crippen molar-refractivity contribution in [3.05, 3.63) is 59.7 Å². The molecule has 132 valence electrons. The summed E-state index contributed by atoms with van der Waals surface area (Å²) in [5.41, 5.74) is 2.59. The number of carbonyl (C=O) groups excluding carboxylic acids is 2. The molecule has 2 aromatic carbocycles. The van der Waals surface area contributed by atoms with Crippen molar-refractivity contribution in [3.8, 4) is 5.75 Å². The number of methoxy groups -OCH3 is 1. The summed E-state index contributed by atoms with van der Waals surface area (Å²) >= 11 is 0. The molecule has 0 heterocycles. The van der Waals surface area contributed by atoms with Crippen LogP contribution >= 0.6 is 0 Å². The number of aryl methyl sites for hydroxylation is 1. The van der Waals surface area contributed by atoms with Crippen LogP contribution in [0, 0.1) is 0 Å². The Hall–Kier alpha value is -2.82. The van der Waals surface area contributed by atoms with Crippen LogP contribution in [0.15, 0.2) is 48.5 Å². The summed E-state index contributed by atoms with van der Waals surface area (Å²) in [4.78, 5) is 24.2. The first-order chi connectivity index (χ1) is 12.0. The Morgan fingerprint density at radius 1 is 1.08 bits per heavy atom. The van der Waals surface area contributed by atoms with E-state index in [0.717, 1.165) is 12.0 Å².